The van der Waals surface area contributed by atoms with Crippen LogP contribution in [0, 0.1) is 0 Å². The van der Waals surface area contributed by atoms with Crippen LogP contribution in [-0.4, -0.2) is 38.4 Å². The molecule has 2 atom stereocenters. The van der Waals surface area contributed by atoms with Crippen LogP contribution in [0.5, 0.6) is 0 Å². The fourth-order valence-electron chi connectivity index (χ4n) is 5.51. The van der Waals surface area contributed by atoms with Crippen LogP contribution >= 0.6 is 35.0 Å². The highest BCUT2D eigenvalue weighted by atomic mass is 35.5. The molecule has 2 aromatic rings. The Balaban J connectivity index is 1.30. The maximum absolute atomic E-state index is 12.9. The van der Waals surface area contributed by atoms with Crippen LogP contribution in [0.15, 0.2) is 70.3 Å². The van der Waals surface area contributed by atoms with Gasteiger partial charge in [0.05, 0.1) is 0 Å². The van der Waals surface area contributed by atoms with Crippen molar-refractivity contribution in [3.63, 3.8) is 0 Å². The molecule has 1 aliphatic carbocycles. The Bertz CT molecular complexity index is 1450. The summed E-state index contributed by atoms with van der Waals surface area (Å²) in [6.07, 6.45) is 9.34. The average Bonchev–Trinajstić information content (AvgIpc) is 3.13. The van der Waals surface area contributed by atoms with Gasteiger partial charge in [0.1, 0.15) is 0 Å². The molecule has 2 unspecified atom stereocenters. The lowest BCUT2D eigenvalue weighted by atomic mass is 9.75. The largest absolute Gasteiger partial charge is 0.344 e. The summed E-state index contributed by atoms with van der Waals surface area (Å²) < 4.78 is 0. The molecule has 0 spiro atoms. The summed E-state index contributed by atoms with van der Waals surface area (Å²) in [6, 6.07) is 8.43. The van der Waals surface area contributed by atoms with E-state index in [4.69, 9.17) is 23.2 Å². The molecule has 0 saturated heterocycles. The van der Waals surface area contributed by atoms with Crippen LogP contribution in [0.4, 0.5) is 11.6 Å². The number of hydrogen-bond donors (Lipinski definition) is 2. The summed E-state index contributed by atoms with van der Waals surface area (Å²) in [5, 5.41) is 0.131. The van der Waals surface area contributed by atoms with Gasteiger partial charge in [-0.25, -0.2) is 0 Å². The third-order valence-corrected chi connectivity index (χ3v) is 8.85. The summed E-state index contributed by atoms with van der Waals surface area (Å²) in [5.41, 5.74) is 10.9. The molecule has 0 radical (unpaired) electrons. The van der Waals surface area contributed by atoms with Crippen LogP contribution in [0.2, 0.25) is 10.6 Å². The molecule has 0 bridgehead atoms. The summed E-state index contributed by atoms with van der Waals surface area (Å²) in [6.45, 7) is 3.11. The van der Waals surface area contributed by atoms with Gasteiger partial charge in [-0.2, -0.15) is 15.0 Å². The number of carbonyl (C=O) groups is 2. The molecule has 188 valence electrons. The molecule has 1 aromatic heterocycles. The van der Waals surface area contributed by atoms with E-state index in [0.717, 1.165) is 23.4 Å². The van der Waals surface area contributed by atoms with Gasteiger partial charge >= 0.3 is 0 Å². The number of aromatic nitrogens is 3. The van der Waals surface area contributed by atoms with Crippen molar-refractivity contribution in [3.05, 3.63) is 86.4 Å². The van der Waals surface area contributed by atoms with Crippen molar-refractivity contribution in [1.82, 2.24) is 20.4 Å². The van der Waals surface area contributed by atoms with E-state index >= 15 is 0 Å². The minimum absolute atomic E-state index is 0.0348. The number of nitrogens with one attached hydrogen (secondary N) is 2. The zero-order valence-electron chi connectivity index (χ0n) is 19.8. The molecule has 0 fully saturated rings. The molecule has 37 heavy (non-hydrogen) atoms. The fourth-order valence-corrected chi connectivity index (χ4v) is 7.16. The number of halogens is 2. The topological polar surface area (TPSA) is 100 Å². The summed E-state index contributed by atoms with van der Waals surface area (Å²) in [4.78, 5) is 39.8. The van der Waals surface area contributed by atoms with Gasteiger partial charge < -0.3 is 4.90 Å². The number of hydrogen-bond acceptors (Lipinski definition) is 8. The number of rotatable bonds is 5. The molecule has 3 aliphatic heterocycles. The highest BCUT2D eigenvalue weighted by molar-refractivity contribution is 8.04. The van der Waals surface area contributed by atoms with Gasteiger partial charge in [-0.05, 0) is 90.0 Å². The standard InChI is InChI=1S/C26H22Cl2N6O2S/c1-26(10-8-21(36)32-33-25-30-23(27)29-24(28)31-25)17-4-2-3-5-18(17)34-11-9-19-16(22(26)34)12-14-6-7-15(35)13-20(14)37-19/h2-7,12-13,19H,8-11H2,1H3,(H,32,36)(H,29,30,31,33). The number of allylic oxidation sites excluding steroid dienone is 6. The smallest absolute Gasteiger partial charge is 0.247 e. The van der Waals surface area contributed by atoms with Gasteiger partial charge in [-0.1, -0.05) is 18.2 Å². The van der Waals surface area contributed by atoms with Gasteiger partial charge in [0, 0.05) is 39.9 Å². The first kappa shape index (κ1) is 24.2. The zero-order valence-corrected chi connectivity index (χ0v) is 22.1. The highest BCUT2D eigenvalue weighted by Gasteiger charge is 2.48. The van der Waals surface area contributed by atoms with Crippen molar-refractivity contribution < 1.29 is 9.59 Å². The number of nitrogens with zero attached hydrogens (tertiary/aromatic N) is 4. The predicted molar refractivity (Wildman–Crippen MR) is 145 cm³/mol. The summed E-state index contributed by atoms with van der Waals surface area (Å²) in [5.74, 6) is -0.110. The fraction of sp³-hybridized carbons (Fsp3) is 0.269. The normalized spacial score (nSPS) is 23.5. The number of para-hydroxylation sites is 1. The highest BCUT2D eigenvalue weighted by Crippen LogP contribution is 2.56. The lowest BCUT2D eigenvalue weighted by Gasteiger charge is -2.41. The Hall–Kier alpha value is -3.14. The minimum atomic E-state index is -0.366. The van der Waals surface area contributed by atoms with Crippen molar-refractivity contribution >= 4 is 58.3 Å². The first-order chi connectivity index (χ1) is 17.8. The van der Waals surface area contributed by atoms with E-state index < -0.39 is 0 Å². The molecule has 8 nitrogen and oxygen atoms in total. The molecule has 4 heterocycles. The lowest BCUT2D eigenvalue weighted by molar-refractivity contribution is -0.121. The van der Waals surface area contributed by atoms with E-state index in [2.05, 4.69) is 68.0 Å². The molecule has 2 N–H and O–H groups in total. The second-order valence-electron chi connectivity index (χ2n) is 9.41. The first-order valence-corrected chi connectivity index (χ1v) is 13.5. The van der Waals surface area contributed by atoms with Crippen LogP contribution in [-0.2, 0) is 15.0 Å². The van der Waals surface area contributed by atoms with Crippen molar-refractivity contribution in [2.75, 3.05) is 16.9 Å². The SMILES string of the molecule is CC1(CCC(=O)NNc2nc(Cl)nc(Cl)n2)C2=C3C=C4C=CC(=O)C=C4SC3CCN2c2ccccc21. The van der Waals surface area contributed by atoms with Gasteiger partial charge in [0.2, 0.25) is 22.4 Å². The predicted octanol–water partition coefficient (Wildman–Crippen LogP) is 4.90. The molecule has 4 aliphatic rings. The van der Waals surface area contributed by atoms with Crippen molar-refractivity contribution in [3.8, 4) is 0 Å². The van der Waals surface area contributed by atoms with Crippen molar-refractivity contribution in [2.45, 2.75) is 36.9 Å². The quantitative estimate of drug-likeness (QED) is 0.505. The number of amides is 1. The number of ketones is 1. The van der Waals surface area contributed by atoms with E-state index in [1.807, 2.05) is 6.08 Å². The van der Waals surface area contributed by atoms with Gasteiger partial charge in [-0.3, -0.25) is 20.4 Å². The van der Waals surface area contributed by atoms with Gasteiger partial charge in [0.15, 0.2) is 5.78 Å². The Morgan fingerprint density at radius 3 is 2.76 bits per heavy atom. The van der Waals surface area contributed by atoms with E-state index in [1.165, 1.54) is 22.5 Å². The molecule has 1 aromatic carbocycles. The number of anilines is 2. The third kappa shape index (κ3) is 4.35. The van der Waals surface area contributed by atoms with Crippen LogP contribution < -0.4 is 15.8 Å². The number of benzene rings is 1. The second kappa shape index (κ2) is 9.31. The Kier molecular flexibility index (Phi) is 6.09. The van der Waals surface area contributed by atoms with Gasteiger partial charge in [0.25, 0.3) is 0 Å². The summed E-state index contributed by atoms with van der Waals surface area (Å²) >= 11 is 13.4. The molecule has 1 amide bonds. The van der Waals surface area contributed by atoms with Gasteiger partial charge in [-0.15, -0.1) is 11.8 Å². The second-order valence-corrected chi connectivity index (χ2v) is 11.3. The Morgan fingerprint density at radius 2 is 1.95 bits per heavy atom. The molecular weight excluding hydrogens is 531 g/mol. The van der Waals surface area contributed by atoms with E-state index in [-0.39, 0.29) is 45.3 Å². The minimum Gasteiger partial charge on any atom is -0.344 e. The average molecular weight is 553 g/mol. The number of carbonyl (C=O) groups excluding carboxylic acids is 2. The monoisotopic (exact) mass is 552 g/mol. The maximum atomic E-state index is 12.9. The zero-order chi connectivity index (χ0) is 25.7. The number of fused-ring (bicyclic) bond motifs is 5. The van der Waals surface area contributed by atoms with Crippen molar-refractivity contribution in [1.29, 1.82) is 0 Å². The summed E-state index contributed by atoms with van der Waals surface area (Å²) in [7, 11) is 0. The third-order valence-electron chi connectivity index (χ3n) is 7.13. The first-order valence-electron chi connectivity index (χ1n) is 11.9. The van der Waals surface area contributed by atoms with E-state index in [0.29, 0.717) is 6.42 Å². The molecule has 0 saturated carbocycles. The van der Waals surface area contributed by atoms with Crippen molar-refractivity contribution in [2.24, 2.45) is 0 Å². The Morgan fingerprint density at radius 1 is 1.16 bits per heavy atom. The van der Waals surface area contributed by atoms with E-state index in [9.17, 15) is 9.59 Å². The molecule has 11 heteroatoms. The molecular formula is C26H22Cl2N6O2S. The maximum Gasteiger partial charge on any atom is 0.247 e. The van der Waals surface area contributed by atoms with Crippen LogP contribution in [0.1, 0.15) is 31.7 Å². The number of hydrazine groups is 1. The lowest BCUT2D eigenvalue weighted by Crippen LogP contribution is -2.39. The van der Waals surface area contributed by atoms with Crippen LogP contribution in [0.3, 0.4) is 0 Å². The van der Waals surface area contributed by atoms with E-state index in [1.54, 1.807) is 23.9 Å². The number of thioether (sulfide) groups is 1. The molecule has 6 rings (SSSR count). The van der Waals surface area contributed by atoms with Crippen LogP contribution in [0.25, 0.3) is 0 Å². The Labute approximate surface area is 227 Å².